The minimum absolute atomic E-state index is 0.722. The highest BCUT2D eigenvalue weighted by Gasteiger charge is 2.32. The summed E-state index contributed by atoms with van der Waals surface area (Å²) in [5.41, 5.74) is 0. The minimum atomic E-state index is 0.722. The molecule has 19 heavy (non-hydrogen) atoms. The molecule has 0 spiro atoms. The number of nitrogens with zero attached hydrogens (tertiary/aromatic N) is 1. The van der Waals surface area contributed by atoms with Crippen LogP contribution >= 0.6 is 0 Å². The fraction of sp³-hybridized carbons (Fsp3) is 1.00. The standard InChI is InChI=1S/C17H34N2/c1-5-14(4)17-11-18-16(10-13(2)3)12-19(17)9-8-15-6-7-15/h13-18H,5-12H2,1-4H3. The van der Waals surface area contributed by atoms with Crippen molar-refractivity contribution in [2.45, 2.75) is 71.9 Å². The Morgan fingerprint density at radius 3 is 2.53 bits per heavy atom. The van der Waals surface area contributed by atoms with E-state index in [1.807, 2.05) is 0 Å². The Morgan fingerprint density at radius 1 is 1.21 bits per heavy atom. The van der Waals surface area contributed by atoms with E-state index in [2.05, 4.69) is 37.9 Å². The lowest BCUT2D eigenvalue weighted by molar-refractivity contribution is 0.0830. The summed E-state index contributed by atoms with van der Waals surface area (Å²) in [4.78, 5) is 2.82. The summed E-state index contributed by atoms with van der Waals surface area (Å²) in [6.07, 6.45) is 7.07. The Kier molecular flexibility index (Phi) is 5.70. The quantitative estimate of drug-likeness (QED) is 0.758. The van der Waals surface area contributed by atoms with Crippen molar-refractivity contribution in [2.24, 2.45) is 17.8 Å². The van der Waals surface area contributed by atoms with Crippen molar-refractivity contribution in [3.05, 3.63) is 0 Å². The van der Waals surface area contributed by atoms with E-state index in [1.165, 1.54) is 51.7 Å². The van der Waals surface area contributed by atoms with E-state index in [4.69, 9.17) is 0 Å². The largest absolute Gasteiger partial charge is 0.311 e. The van der Waals surface area contributed by atoms with Gasteiger partial charge in [-0.3, -0.25) is 4.90 Å². The van der Waals surface area contributed by atoms with Crippen molar-refractivity contribution in [1.82, 2.24) is 10.2 Å². The molecule has 2 rings (SSSR count). The first-order valence-electron chi connectivity index (χ1n) is 8.57. The minimum Gasteiger partial charge on any atom is -0.311 e. The number of piperazine rings is 1. The molecule has 0 radical (unpaired) electrons. The van der Waals surface area contributed by atoms with Crippen molar-refractivity contribution in [3.8, 4) is 0 Å². The van der Waals surface area contributed by atoms with E-state index < -0.39 is 0 Å². The van der Waals surface area contributed by atoms with Crippen molar-refractivity contribution < 1.29 is 0 Å². The summed E-state index contributed by atoms with van der Waals surface area (Å²) in [6, 6.07) is 1.49. The lowest BCUT2D eigenvalue weighted by atomic mass is 9.92. The molecule has 112 valence electrons. The Bertz CT molecular complexity index is 260. The van der Waals surface area contributed by atoms with Crippen LogP contribution in [0.1, 0.15) is 59.8 Å². The molecule has 3 unspecified atom stereocenters. The van der Waals surface area contributed by atoms with Crippen molar-refractivity contribution in [2.75, 3.05) is 19.6 Å². The lowest BCUT2D eigenvalue weighted by Crippen LogP contribution is -2.58. The second-order valence-corrected chi connectivity index (χ2v) is 7.41. The monoisotopic (exact) mass is 266 g/mol. The number of hydrogen-bond acceptors (Lipinski definition) is 2. The fourth-order valence-corrected chi connectivity index (χ4v) is 3.47. The predicted octanol–water partition coefficient (Wildman–Crippen LogP) is 3.52. The van der Waals surface area contributed by atoms with Gasteiger partial charge in [0.1, 0.15) is 0 Å². The maximum Gasteiger partial charge on any atom is 0.0246 e. The third kappa shape index (κ3) is 4.75. The molecule has 0 aromatic heterocycles. The average Bonchev–Trinajstić information content (AvgIpc) is 3.19. The van der Waals surface area contributed by atoms with Gasteiger partial charge < -0.3 is 5.32 Å². The molecule has 2 heteroatoms. The number of rotatable bonds is 7. The van der Waals surface area contributed by atoms with Gasteiger partial charge >= 0.3 is 0 Å². The SMILES string of the molecule is CCC(C)C1CNC(CC(C)C)CN1CCC1CC1. The van der Waals surface area contributed by atoms with Gasteiger partial charge in [0, 0.05) is 25.2 Å². The van der Waals surface area contributed by atoms with Gasteiger partial charge in [0.15, 0.2) is 0 Å². The smallest absolute Gasteiger partial charge is 0.0246 e. The maximum atomic E-state index is 3.81. The van der Waals surface area contributed by atoms with Gasteiger partial charge in [0.25, 0.3) is 0 Å². The van der Waals surface area contributed by atoms with Crippen LogP contribution < -0.4 is 5.32 Å². The van der Waals surface area contributed by atoms with Crippen molar-refractivity contribution in [3.63, 3.8) is 0 Å². The van der Waals surface area contributed by atoms with Crippen LogP contribution in [0.4, 0.5) is 0 Å². The van der Waals surface area contributed by atoms with Gasteiger partial charge in [-0.05, 0) is 37.1 Å². The van der Waals surface area contributed by atoms with E-state index in [1.54, 1.807) is 0 Å². The molecule has 0 amide bonds. The second kappa shape index (κ2) is 7.08. The summed E-state index contributed by atoms with van der Waals surface area (Å²) < 4.78 is 0. The average molecular weight is 266 g/mol. The third-order valence-corrected chi connectivity index (χ3v) is 5.12. The molecule has 0 aromatic rings. The maximum absolute atomic E-state index is 3.81. The van der Waals surface area contributed by atoms with Gasteiger partial charge in [-0.15, -0.1) is 0 Å². The summed E-state index contributed by atoms with van der Waals surface area (Å²) in [7, 11) is 0. The predicted molar refractivity (Wildman–Crippen MR) is 83.4 cm³/mol. The zero-order valence-electron chi connectivity index (χ0n) is 13.5. The van der Waals surface area contributed by atoms with Crippen molar-refractivity contribution in [1.29, 1.82) is 0 Å². The van der Waals surface area contributed by atoms with Gasteiger partial charge in [-0.25, -0.2) is 0 Å². The van der Waals surface area contributed by atoms with Crippen LogP contribution in [-0.4, -0.2) is 36.6 Å². The van der Waals surface area contributed by atoms with Gasteiger partial charge in [-0.1, -0.05) is 47.0 Å². The highest BCUT2D eigenvalue weighted by molar-refractivity contribution is 4.89. The molecule has 2 nitrogen and oxygen atoms in total. The molecule has 1 heterocycles. The first-order valence-corrected chi connectivity index (χ1v) is 8.57. The second-order valence-electron chi connectivity index (χ2n) is 7.41. The molecule has 0 bridgehead atoms. The van der Waals surface area contributed by atoms with E-state index in [0.717, 1.165) is 29.8 Å². The fourth-order valence-electron chi connectivity index (χ4n) is 3.47. The zero-order valence-corrected chi connectivity index (χ0v) is 13.5. The first kappa shape index (κ1) is 15.3. The van der Waals surface area contributed by atoms with Crippen LogP contribution in [0.3, 0.4) is 0 Å². The highest BCUT2D eigenvalue weighted by Crippen LogP contribution is 2.33. The summed E-state index contributed by atoms with van der Waals surface area (Å²) in [5.74, 6) is 2.70. The van der Waals surface area contributed by atoms with Gasteiger partial charge in [0.2, 0.25) is 0 Å². The molecule has 2 aliphatic rings. The van der Waals surface area contributed by atoms with Crippen LogP contribution in [0.25, 0.3) is 0 Å². The number of hydrogen-bond donors (Lipinski definition) is 1. The summed E-state index contributed by atoms with van der Waals surface area (Å²) in [6.45, 7) is 13.3. The van der Waals surface area contributed by atoms with Crippen LogP contribution in [0, 0.1) is 17.8 Å². The lowest BCUT2D eigenvalue weighted by Gasteiger charge is -2.43. The molecular weight excluding hydrogens is 232 g/mol. The van der Waals surface area contributed by atoms with E-state index in [9.17, 15) is 0 Å². The van der Waals surface area contributed by atoms with Gasteiger partial charge in [-0.2, -0.15) is 0 Å². The third-order valence-electron chi connectivity index (χ3n) is 5.12. The highest BCUT2D eigenvalue weighted by atomic mass is 15.2. The Hall–Kier alpha value is -0.0800. The van der Waals surface area contributed by atoms with E-state index in [-0.39, 0.29) is 0 Å². The summed E-state index contributed by atoms with van der Waals surface area (Å²) >= 11 is 0. The Labute approximate surface area is 120 Å². The topological polar surface area (TPSA) is 15.3 Å². The normalized spacial score (nSPS) is 30.8. The molecule has 2 fully saturated rings. The zero-order chi connectivity index (χ0) is 13.8. The number of nitrogens with one attached hydrogen (secondary N) is 1. The molecular formula is C17H34N2. The van der Waals surface area contributed by atoms with Crippen LogP contribution in [-0.2, 0) is 0 Å². The molecule has 0 aromatic carbocycles. The first-order chi connectivity index (χ1) is 9.10. The molecule has 3 atom stereocenters. The van der Waals surface area contributed by atoms with Crippen LogP contribution in [0.5, 0.6) is 0 Å². The molecule has 1 N–H and O–H groups in total. The molecule has 1 aliphatic heterocycles. The summed E-state index contributed by atoms with van der Waals surface area (Å²) in [5, 5.41) is 3.81. The van der Waals surface area contributed by atoms with Crippen LogP contribution in [0.15, 0.2) is 0 Å². The van der Waals surface area contributed by atoms with E-state index in [0.29, 0.717) is 0 Å². The Morgan fingerprint density at radius 2 is 1.95 bits per heavy atom. The Balaban J connectivity index is 1.87. The van der Waals surface area contributed by atoms with Crippen LogP contribution in [0.2, 0.25) is 0 Å². The molecule has 1 saturated heterocycles. The van der Waals surface area contributed by atoms with Gasteiger partial charge in [0.05, 0.1) is 0 Å². The molecule has 1 aliphatic carbocycles. The molecule has 1 saturated carbocycles. The van der Waals surface area contributed by atoms with E-state index >= 15 is 0 Å². The van der Waals surface area contributed by atoms with Crippen molar-refractivity contribution >= 4 is 0 Å².